The molecule has 1 amide bonds. The van der Waals surface area contributed by atoms with Crippen molar-refractivity contribution in [2.75, 3.05) is 13.1 Å². The van der Waals surface area contributed by atoms with Gasteiger partial charge in [-0.3, -0.25) is 9.69 Å². The fourth-order valence-electron chi connectivity index (χ4n) is 8.28. The normalized spacial score (nSPS) is 38.9. The molecule has 2 saturated carbocycles. The van der Waals surface area contributed by atoms with Crippen molar-refractivity contribution in [2.45, 2.75) is 82.8 Å². The summed E-state index contributed by atoms with van der Waals surface area (Å²) in [6, 6.07) is 7.76. The summed E-state index contributed by atoms with van der Waals surface area (Å²) in [4.78, 5) is 22.0. The molecule has 2 heterocycles. The van der Waals surface area contributed by atoms with Gasteiger partial charge in [-0.1, -0.05) is 23.8 Å². The number of aliphatic hydroxyl groups is 2. The highest BCUT2D eigenvalue weighted by Crippen LogP contribution is 2.68. The summed E-state index contributed by atoms with van der Waals surface area (Å²) in [6.45, 7) is 5.62. The van der Waals surface area contributed by atoms with Crippen LogP contribution in [0, 0.1) is 24.2 Å². The number of likely N-dealkylation sites (tertiary alicyclic amines) is 1. The molecule has 2 N–H and O–H groups in total. The van der Waals surface area contributed by atoms with Crippen molar-refractivity contribution < 1.29 is 24.6 Å². The van der Waals surface area contributed by atoms with Crippen LogP contribution in [0.1, 0.15) is 57.4 Å². The molecule has 6 atom stereocenters. The average Bonchev–Trinajstić information content (AvgIpc) is 3.62. The Hall–Kier alpha value is -2.35. The first-order chi connectivity index (χ1) is 17.3. The molecule has 7 heteroatoms. The predicted octanol–water partition coefficient (Wildman–Crippen LogP) is 4.02. The Bertz CT molecular complexity index is 1170. The maximum atomic E-state index is 13.0. The standard InChI is InChI=1S/C29H36N2O5/c1-17-5-3-4-6-24(17)36-31(18(2)32)22-11-10-21-23-15-20-9-12-25(33)29(34)26(20)28(21,27(22)35-29)13-14-30(23)16-19-7-8-19/h3-6,12,19,21-23,27,33-34H,7-11,13-16H2,1-2H3/t21-,22+,23+,27-,28-,29+/m0/s1. The first-order valence-electron chi connectivity index (χ1n) is 13.6. The van der Waals surface area contributed by atoms with Gasteiger partial charge in [-0.15, -0.1) is 0 Å². The lowest BCUT2D eigenvalue weighted by Gasteiger charge is -2.61. The van der Waals surface area contributed by atoms with Gasteiger partial charge in [-0.05, 0) is 88.0 Å². The van der Waals surface area contributed by atoms with Crippen molar-refractivity contribution in [3.05, 3.63) is 52.8 Å². The minimum atomic E-state index is -1.80. The summed E-state index contributed by atoms with van der Waals surface area (Å²) in [5.74, 6) is -0.286. The first-order valence-corrected chi connectivity index (χ1v) is 13.6. The Kier molecular flexibility index (Phi) is 4.96. The largest absolute Gasteiger partial charge is 0.507 e. The van der Waals surface area contributed by atoms with Crippen molar-refractivity contribution in [2.24, 2.45) is 17.3 Å². The zero-order valence-corrected chi connectivity index (χ0v) is 21.2. The van der Waals surface area contributed by atoms with Crippen molar-refractivity contribution in [3.63, 3.8) is 0 Å². The zero-order valence-electron chi connectivity index (χ0n) is 21.2. The Morgan fingerprint density at radius 3 is 2.81 bits per heavy atom. The fourth-order valence-corrected chi connectivity index (χ4v) is 8.28. The Balaban J connectivity index is 1.31. The van der Waals surface area contributed by atoms with Gasteiger partial charge in [0.15, 0.2) is 11.5 Å². The van der Waals surface area contributed by atoms with Crippen molar-refractivity contribution in [1.82, 2.24) is 9.96 Å². The molecule has 6 aliphatic rings. The van der Waals surface area contributed by atoms with Crippen molar-refractivity contribution >= 4 is 5.91 Å². The topological polar surface area (TPSA) is 82.5 Å². The molecule has 4 aliphatic carbocycles. The van der Waals surface area contributed by atoms with Crippen LogP contribution in [0.2, 0.25) is 0 Å². The van der Waals surface area contributed by atoms with Gasteiger partial charge in [0, 0.05) is 30.5 Å². The number of para-hydroxylation sites is 1. The van der Waals surface area contributed by atoms with E-state index in [0.29, 0.717) is 24.1 Å². The van der Waals surface area contributed by atoms with Gasteiger partial charge in [0.1, 0.15) is 0 Å². The van der Waals surface area contributed by atoms with Gasteiger partial charge in [0.25, 0.3) is 5.91 Å². The van der Waals surface area contributed by atoms with Crippen LogP contribution in [0.15, 0.2) is 47.2 Å². The Morgan fingerprint density at radius 1 is 1.25 bits per heavy atom. The zero-order chi connectivity index (χ0) is 24.8. The summed E-state index contributed by atoms with van der Waals surface area (Å²) in [5, 5.41) is 24.3. The number of hydroxylamine groups is 2. The van der Waals surface area contributed by atoms with E-state index in [0.717, 1.165) is 55.8 Å². The average molecular weight is 493 g/mol. The Morgan fingerprint density at radius 2 is 2.06 bits per heavy atom. The third kappa shape index (κ3) is 3.06. The van der Waals surface area contributed by atoms with Crippen LogP contribution in [-0.4, -0.2) is 63.1 Å². The smallest absolute Gasteiger partial charge is 0.252 e. The monoisotopic (exact) mass is 492 g/mol. The highest BCUT2D eigenvalue weighted by Gasteiger charge is 2.73. The number of carbonyl (C=O) groups is 1. The van der Waals surface area contributed by atoms with Gasteiger partial charge in [-0.2, -0.15) is 5.06 Å². The van der Waals surface area contributed by atoms with E-state index >= 15 is 0 Å². The first kappa shape index (κ1) is 22.8. The van der Waals surface area contributed by atoms with E-state index in [2.05, 4.69) is 4.90 Å². The second-order valence-electron chi connectivity index (χ2n) is 11.9. The third-order valence-corrected chi connectivity index (χ3v) is 9.93. The summed E-state index contributed by atoms with van der Waals surface area (Å²) in [6.07, 6.45) is 8.07. The van der Waals surface area contributed by atoms with E-state index in [-0.39, 0.29) is 17.7 Å². The van der Waals surface area contributed by atoms with E-state index in [1.54, 1.807) is 6.08 Å². The molecule has 0 aromatic heterocycles. The molecular formula is C29H36N2O5. The van der Waals surface area contributed by atoms with E-state index in [4.69, 9.17) is 9.57 Å². The third-order valence-electron chi connectivity index (χ3n) is 9.93. The predicted molar refractivity (Wildman–Crippen MR) is 133 cm³/mol. The van der Waals surface area contributed by atoms with Crippen LogP contribution in [0.25, 0.3) is 0 Å². The number of carbonyl (C=O) groups excluding carboxylic acids is 1. The van der Waals surface area contributed by atoms with E-state index in [9.17, 15) is 15.0 Å². The number of hydrogen-bond acceptors (Lipinski definition) is 6. The molecule has 1 aromatic carbocycles. The number of rotatable bonds is 5. The van der Waals surface area contributed by atoms with Crippen LogP contribution < -0.4 is 4.84 Å². The second-order valence-corrected chi connectivity index (χ2v) is 11.9. The SMILES string of the molecule is CC(=O)N(Oc1ccccc1C)[C@@H]1CC[C@H]2[C@H]3CC4=C5[C@](O)(O[C@@H]1[C@]52CCN3CC1CC1)C(O)=CC4. The number of amides is 1. The highest BCUT2D eigenvalue weighted by atomic mass is 16.7. The molecule has 2 saturated heterocycles. The summed E-state index contributed by atoms with van der Waals surface area (Å²) < 4.78 is 6.55. The molecule has 7 rings (SSSR count). The summed E-state index contributed by atoms with van der Waals surface area (Å²) in [5.41, 5.74) is 2.67. The van der Waals surface area contributed by atoms with Gasteiger partial charge in [0.05, 0.1) is 12.1 Å². The molecule has 0 unspecified atom stereocenters. The van der Waals surface area contributed by atoms with Crippen LogP contribution >= 0.6 is 0 Å². The minimum absolute atomic E-state index is 0.101. The number of benzene rings is 1. The highest BCUT2D eigenvalue weighted by molar-refractivity contribution is 5.73. The lowest BCUT2D eigenvalue weighted by molar-refractivity contribution is -0.228. The summed E-state index contributed by atoms with van der Waals surface area (Å²) >= 11 is 0. The molecule has 2 aliphatic heterocycles. The number of piperidine rings is 1. The van der Waals surface area contributed by atoms with Crippen LogP contribution in [0.4, 0.5) is 0 Å². The van der Waals surface area contributed by atoms with Gasteiger partial charge < -0.3 is 19.8 Å². The van der Waals surface area contributed by atoms with Gasteiger partial charge in [-0.25, -0.2) is 0 Å². The van der Waals surface area contributed by atoms with Crippen molar-refractivity contribution in [1.29, 1.82) is 0 Å². The lowest BCUT2D eigenvalue weighted by Crippen LogP contribution is -2.66. The van der Waals surface area contributed by atoms with Gasteiger partial charge >= 0.3 is 0 Å². The quantitative estimate of drug-likeness (QED) is 0.477. The molecule has 36 heavy (non-hydrogen) atoms. The molecule has 1 spiro atoms. The second kappa shape index (κ2) is 7.83. The molecule has 1 aromatic rings. The Labute approximate surface area is 212 Å². The van der Waals surface area contributed by atoms with Crippen LogP contribution in [-0.2, 0) is 9.53 Å². The molecule has 0 radical (unpaired) electrons. The number of allylic oxidation sites excluding steroid dienone is 1. The molecule has 7 nitrogen and oxygen atoms in total. The maximum absolute atomic E-state index is 13.0. The minimum Gasteiger partial charge on any atom is -0.507 e. The molecule has 4 fully saturated rings. The molecular weight excluding hydrogens is 456 g/mol. The number of aliphatic hydroxyl groups excluding tert-OH is 1. The lowest BCUT2D eigenvalue weighted by atomic mass is 9.49. The maximum Gasteiger partial charge on any atom is 0.252 e. The number of aryl methyl sites for hydroxylation is 1. The number of hydrogen-bond donors (Lipinski definition) is 2. The molecule has 192 valence electrons. The number of nitrogens with zero attached hydrogens (tertiary/aromatic N) is 2. The van der Waals surface area contributed by atoms with E-state index < -0.39 is 17.3 Å². The van der Waals surface area contributed by atoms with E-state index in [1.807, 2.05) is 31.2 Å². The molecule has 2 bridgehead atoms. The fraction of sp³-hybridized carbons (Fsp3) is 0.621. The van der Waals surface area contributed by atoms with Crippen LogP contribution in [0.3, 0.4) is 0 Å². The number of ether oxygens (including phenoxy) is 1. The summed E-state index contributed by atoms with van der Waals surface area (Å²) in [7, 11) is 0. The van der Waals surface area contributed by atoms with E-state index in [1.165, 1.54) is 30.4 Å². The van der Waals surface area contributed by atoms with Crippen LogP contribution in [0.5, 0.6) is 5.75 Å². The van der Waals surface area contributed by atoms with Crippen molar-refractivity contribution in [3.8, 4) is 5.75 Å². The van der Waals surface area contributed by atoms with Gasteiger partial charge in [0.2, 0.25) is 5.79 Å².